The third kappa shape index (κ3) is 4.39. The molecule has 3 amide bonds. The lowest BCUT2D eigenvalue weighted by molar-refractivity contribution is -0.129. The van der Waals surface area contributed by atoms with E-state index in [1.54, 1.807) is 0 Å². The summed E-state index contributed by atoms with van der Waals surface area (Å²) in [5, 5.41) is 5.51. The van der Waals surface area contributed by atoms with Gasteiger partial charge in [0.2, 0.25) is 0 Å². The van der Waals surface area contributed by atoms with Crippen LogP contribution in [0.25, 0.3) is 0 Å². The summed E-state index contributed by atoms with van der Waals surface area (Å²) in [5.74, 6) is -0.456. The van der Waals surface area contributed by atoms with E-state index >= 15 is 0 Å². The first-order valence-electron chi connectivity index (χ1n) is 6.49. The van der Waals surface area contributed by atoms with Crippen LogP contribution in [0.5, 0.6) is 0 Å². The molecule has 1 aliphatic heterocycles. The second kappa shape index (κ2) is 7.71. The monoisotopic (exact) mass is 284 g/mol. The first kappa shape index (κ1) is 16.3. The molecule has 0 aliphatic carbocycles. The van der Waals surface area contributed by atoms with E-state index in [0.29, 0.717) is 25.7 Å². The molecule has 0 saturated carbocycles. The fourth-order valence-electron chi connectivity index (χ4n) is 1.86. The van der Waals surface area contributed by atoms with Crippen LogP contribution < -0.4 is 16.4 Å². The molecule has 1 saturated heterocycles. The Kier molecular flexibility index (Phi) is 6.26. The number of nitrogens with zero attached hydrogens (tertiary/aromatic N) is 1. The average molecular weight is 284 g/mol. The largest absolute Gasteiger partial charge is 0.325 e. The highest BCUT2D eigenvalue weighted by Gasteiger charge is 2.37. The van der Waals surface area contributed by atoms with Crippen molar-refractivity contribution in [3.8, 4) is 0 Å². The van der Waals surface area contributed by atoms with E-state index < -0.39 is 24.0 Å². The maximum atomic E-state index is 11.7. The van der Waals surface area contributed by atoms with Gasteiger partial charge in [-0.15, -0.1) is 0 Å². The van der Waals surface area contributed by atoms with Crippen molar-refractivity contribution in [2.45, 2.75) is 31.8 Å². The summed E-state index contributed by atoms with van der Waals surface area (Å²) < 4.78 is 0. The van der Waals surface area contributed by atoms with Gasteiger partial charge in [0.1, 0.15) is 18.1 Å². The number of urea groups is 1. The van der Waals surface area contributed by atoms with E-state index in [2.05, 4.69) is 10.6 Å². The molecule has 1 aliphatic rings. The van der Waals surface area contributed by atoms with Gasteiger partial charge >= 0.3 is 6.03 Å². The van der Waals surface area contributed by atoms with Gasteiger partial charge in [-0.1, -0.05) is 0 Å². The molecule has 1 heterocycles. The summed E-state index contributed by atoms with van der Waals surface area (Å²) in [6.45, 7) is 2.10. The Hall–Kier alpha value is -1.80. The number of nitrogens with two attached hydrogens (primary N) is 1. The number of imide groups is 1. The Morgan fingerprint density at radius 1 is 1.55 bits per heavy atom. The molecule has 0 aromatic rings. The number of ketones is 1. The van der Waals surface area contributed by atoms with E-state index in [4.69, 9.17) is 5.73 Å². The van der Waals surface area contributed by atoms with Gasteiger partial charge in [-0.25, -0.2) is 4.79 Å². The van der Waals surface area contributed by atoms with E-state index in [1.807, 2.05) is 0 Å². The minimum absolute atomic E-state index is 0.0484. The van der Waals surface area contributed by atoms with Gasteiger partial charge in [0.05, 0.1) is 12.6 Å². The van der Waals surface area contributed by atoms with E-state index in [9.17, 15) is 19.2 Å². The van der Waals surface area contributed by atoms with Crippen LogP contribution in [-0.4, -0.2) is 60.6 Å². The van der Waals surface area contributed by atoms with Crippen molar-refractivity contribution in [2.24, 2.45) is 5.73 Å². The summed E-state index contributed by atoms with van der Waals surface area (Å²) in [6, 6.07) is -1.65. The minimum atomic E-state index is -0.649. The summed E-state index contributed by atoms with van der Waals surface area (Å²) in [7, 11) is 0. The standard InChI is InChI=1S/C12H20N4O4/c1-8(18)9(13)3-2-4-14-7-10-11(19)16(5-6-17)12(20)15-10/h6,9-10,14H,2-5,7,13H2,1H3,(H,15,20)/t9-,10?/m0/s1. The number of carbonyl (C=O) groups is 4. The molecule has 0 aromatic heterocycles. The smallest absolute Gasteiger partial charge is 0.324 e. The van der Waals surface area contributed by atoms with Gasteiger partial charge in [0.15, 0.2) is 0 Å². The summed E-state index contributed by atoms with van der Waals surface area (Å²) in [4.78, 5) is 45.3. The molecule has 0 radical (unpaired) electrons. The van der Waals surface area contributed by atoms with Crippen LogP contribution in [0.4, 0.5) is 4.79 Å². The molecule has 0 bridgehead atoms. The molecule has 8 nitrogen and oxygen atoms in total. The second-order valence-corrected chi connectivity index (χ2v) is 4.68. The summed E-state index contributed by atoms with van der Waals surface area (Å²) in [6.07, 6.45) is 1.79. The SMILES string of the molecule is CC(=O)[C@@H](N)CCCNCC1NC(=O)N(CC=O)C1=O. The molecule has 1 unspecified atom stereocenters. The van der Waals surface area contributed by atoms with Crippen LogP contribution >= 0.6 is 0 Å². The zero-order valence-electron chi connectivity index (χ0n) is 11.4. The van der Waals surface area contributed by atoms with Crippen LogP contribution in [0.15, 0.2) is 0 Å². The highest BCUT2D eigenvalue weighted by atomic mass is 16.2. The Morgan fingerprint density at radius 2 is 2.25 bits per heavy atom. The van der Waals surface area contributed by atoms with Crippen LogP contribution in [-0.2, 0) is 14.4 Å². The molecule has 0 aromatic carbocycles. The van der Waals surface area contributed by atoms with Gasteiger partial charge in [0, 0.05) is 6.54 Å². The minimum Gasteiger partial charge on any atom is -0.324 e. The highest BCUT2D eigenvalue weighted by Crippen LogP contribution is 2.04. The van der Waals surface area contributed by atoms with Crippen molar-refractivity contribution in [1.82, 2.24) is 15.5 Å². The topological polar surface area (TPSA) is 122 Å². The Labute approximate surface area is 117 Å². The Morgan fingerprint density at radius 3 is 2.85 bits per heavy atom. The van der Waals surface area contributed by atoms with Crippen molar-refractivity contribution < 1.29 is 19.2 Å². The Balaban J connectivity index is 2.23. The summed E-state index contributed by atoms with van der Waals surface area (Å²) >= 11 is 0. The maximum absolute atomic E-state index is 11.7. The van der Waals surface area contributed by atoms with Crippen LogP contribution in [0.2, 0.25) is 0 Å². The van der Waals surface area contributed by atoms with Crippen molar-refractivity contribution in [3.05, 3.63) is 0 Å². The van der Waals surface area contributed by atoms with Gasteiger partial charge in [-0.2, -0.15) is 0 Å². The highest BCUT2D eigenvalue weighted by molar-refractivity contribution is 6.05. The number of amides is 3. The van der Waals surface area contributed by atoms with Gasteiger partial charge < -0.3 is 21.2 Å². The molecule has 112 valence electrons. The van der Waals surface area contributed by atoms with E-state index in [0.717, 1.165) is 4.90 Å². The van der Waals surface area contributed by atoms with E-state index in [-0.39, 0.29) is 18.9 Å². The third-order valence-electron chi connectivity index (χ3n) is 3.10. The fraction of sp³-hybridized carbons (Fsp3) is 0.667. The number of Topliss-reactive ketones (excluding diaryl/α,β-unsaturated/α-hetero) is 1. The number of rotatable bonds is 9. The molecule has 20 heavy (non-hydrogen) atoms. The fourth-order valence-corrected chi connectivity index (χ4v) is 1.86. The predicted octanol–water partition coefficient (Wildman–Crippen LogP) is -1.61. The number of aldehydes is 1. The number of hydrogen-bond donors (Lipinski definition) is 3. The number of hydrogen-bond acceptors (Lipinski definition) is 6. The lowest BCUT2D eigenvalue weighted by Crippen LogP contribution is -2.40. The van der Waals surface area contributed by atoms with Crippen LogP contribution in [0, 0.1) is 0 Å². The number of carbonyl (C=O) groups excluding carboxylic acids is 4. The van der Waals surface area contributed by atoms with Crippen LogP contribution in [0.3, 0.4) is 0 Å². The van der Waals surface area contributed by atoms with Crippen molar-refractivity contribution in [1.29, 1.82) is 0 Å². The first-order chi connectivity index (χ1) is 9.47. The lowest BCUT2D eigenvalue weighted by atomic mass is 10.1. The quantitative estimate of drug-likeness (QED) is 0.266. The van der Waals surface area contributed by atoms with Gasteiger partial charge in [-0.3, -0.25) is 14.5 Å². The molecule has 1 fully saturated rings. The van der Waals surface area contributed by atoms with E-state index in [1.165, 1.54) is 6.92 Å². The average Bonchev–Trinajstić information content (AvgIpc) is 2.66. The summed E-state index contributed by atoms with van der Waals surface area (Å²) in [5.41, 5.74) is 5.58. The molecule has 8 heteroatoms. The maximum Gasteiger partial charge on any atom is 0.325 e. The molecule has 4 N–H and O–H groups in total. The normalized spacial score (nSPS) is 19.9. The van der Waals surface area contributed by atoms with Gasteiger partial charge in [-0.05, 0) is 26.3 Å². The molecule has 2 atom stereocenters. The zero-order chi connectivity index (χ0) is 15.1. The van der Waals surface area contributed by atoms with Crippen molar-refractivity contribution in [2.75, 3.05) is 19.6 Å². The molecular weight excluding hydrogens is 264 g/mol. The molecule has 0 spiro atoms. The van der Waals surface area contributed by atoms with Crippen molar-refractivity contribution in [3.63, 3.8) is 0 Å². The predicted molar refractivity (Wildman–Crippen MR) is 70.9 cm³/mol. The molecule has 1 rings (SSSR count). The molecular formula is C12H20N4O4. The zero-order valence-corrected chi connectivity index (χ0v) is 11.4. The Bertz CT molecular complexity index is 399. The lowest BCUT2D eigenvalue weighted by Gasteiger charge is -2.11. The first-order valence-corrected chi connectivity index (χ1v) is 6.49. The van der Waals surface area contributed by atoms with Crippen molar-refractivity contribution >= 4 is 24.0 Å². The van der Waals surface area contributed by atoms with Gasteiger partial charge in [0.25, 0.3) is 5.91 Å². The third-order valence-corrected chi connectivity index (χ3v) is 3.10. The number of nitrogens with one attached hydrogen (secondary N) is 2. The second-order valence-electron chi connectivity index (χ2n) is 4.68. The van der Waals surface area contributed by atoms with Crippen LogP contribution in [0.1, 0.15) is 19.8 Å².